The minimum absolute atomic E-state index is 0.124. The zero-order chi connectivity index (χ0) is 23.2. The Kier molecular flexibility index (Phi) is 5.30. The van der Waals surface area contributed by atoms with Gasteiger partial charge in [0.1, 0.15) is 11.9 Å². The lowest BCUT2D eigenvalue weighted by Crippen LogP contribution is -2.11. The third kappa shape index (κ3) is 3.87. The van der Waals surface area contributed by atoms with E-state index in [2.05, 4.69) is 112 Å². The number of nitrogens with zero attached hydrogens (tertiary/aromatic N) is 3. The smallest absolute Gasteiger partial charge is 0.149 e. The fourth-order valence-electron chi connectivity index (χ4n) is 4.15. The molecule has 0 aliphatic rings. The van der Waals surface area contributed by atoms with E-state index in [4.69, 9.17) is 0 Å². The summed E-state index contributed by atoms with van der Waals surface area (Å²) in [5.74, 6) is 0.604. The van der Waals surface area contributed by atoms with Crippen LogP contribution in [0.25, 0.3) is 28.4 Å². The molecule has 4 nitrogen and oxygen atoms in total. The molecule has 0 aliphatic heterocycles. The zero-order valence-electron chi connectivity index (χ0n) is 20.0. The van der Waals surface area contributed by atoms with Gasteiger partial charge in [-0.1, -0.05) is 32.9 Å². The summed E-state index contributed by atoms with van der Waals surface area (Å²) in [7, 11) is 0. The molecule has 0 atom stereocenters. The van der Waals surface area contributed by atoms with E-state index < -0.39 is 0 Å². The van der Waals surface area contributed by atoms with Gasteiger partial charge in [0.15, 0.2) is 0 Å². The Bertz CT molecular complexity index is 1340. The number of hydrogen-bond donors (Lipinski definition) is 1. The van der Waals surface area contributed by atoms with Gasteiger partial charge in [-0.3, -0.25) is 0 Å². The van der Waals surface area contributed by atoms with Crippen molar-refractivity contribution in [3.05, 3.63) is 81.9 Å². The van der Waals surface area contributed by atoms with Crippen LogP contribution < -0.4 is 0 Å². The number of allylic oxidation sites excluding steroid dienone is 1. The highest BCUT2D eigenvalue weighted by Gasteiger charge is 2.16. The van der Waals surface area contributed by atoms with Gasteiger partial charge in [-0.15, -0.1) is 0 Å². The van der Waals surface area contributed by atoms with Crippen LogP contribution in [0, 0.1) is 39.0 Å². The molecule has 162 valence electrons. The van der Waals surface area contributed by atoms with E-state index in [9.17, 15) is 5.26 Å². The second-order valence-corrected chi connectivity index (χ2v) is 9.67. The lowest BCUT2D eigenvalue weighted by Gasteiger charge is -2.20. The molecule has 1 N–H and O–H groups in total. The van der Waals surface area contributed by atoms with Crippen molar-refractivity contribution < 1.29 is 0 Å². The number of benzene rings is 2. The van der Waals surface area contributed by atoms with Gasteiger partial charge >= 0.3 is 0 Å². The summed E-state index contributed by atoms with van der Waals surface area (Å²) < 4.78 is 2.23. The monoisotopic (exact) mass is 422 g/mol. The fraction of sp³-hybridized carbons (Fsp3) is 0.286. The highest BCUT2D eigenvalue weighted by Crippen LogP contribution is 2.28. The maximum Gasteiger partial charge on any atom is 0.149 e. The molecule has 0 unspecified atom stereocenters. The minimum atomic E-state index is 0.124. The Hall–Kier alpha value is -3.58. The maximum atomic E-state index is 9.88. The molecule has 0 spiro atoms. The Morgan fingerprint density at radius 2 is 1.66 bits per heavy atom. The number of aromatic nitrogens is 3. The molecule has 0 amide bonds. The average Bonchev–Trinajstić information content (AvgIpc) is 3.25. The first-order valence-corrected chi connectivity index (χ1v) is 11.0. The molecular weight excluding hydrogens is 392 g/mol. The van der Waals surface area contributed by atoms with Crippen LogP contribution in [0.15, 0.2) is 42.5 Å². The van der Waals surface area contributed by atoms with Gasteiger partial charge in [-0.05, 0) is 91.8 Å². The first kappa shape index (κ1) is 21.6. The summed E-state index contributed by atoms with van der Waals surface area (Å²) in [6.45, 7) is 15.0. The summed E-state index contributed by atoms with van der Waals surface area (Å²) in [6, 6.07) is 17.3. The topological polar surface area (TPSA) is 57.4 Å². The highest BCUT2D eigenvalue weighted by atomic mass is 15.0. The molecular formula is C28H30N4. The van der Waals surface area contributed by atoms with Gasteiger partial charge in [0.2, 0.25) is 0 Å². The van der Waals surface area contributed by atoms with E-state index in [0.717, 1.165) is 33.7 Å². The van der Waals surface area contributed by atoms with Gasteiger partial charge in [0, 0.05) is 17.1 Å². The Morgan fingerprint density at radius 3 is 2.28 bits per heavy atom. The molecule has 32 heavy (non-hydrogen) atoms. The Labute approximate surface area is 190 Å². The number of imidazole rings is 1. The second-order valence-electron chi connectivity index (χ2n) is 9.67. The predicted molar refractivity (Wildman–Crippen MR) is 133 cm³/mol. The molecule has 4 aromatic rings. The number of fused-ring (bicyclic) bond motifs is 1. The van der Waals surface area contributed by atoms with Crippen LogP contribution in [-0.4, -0.2) is 14.5 Å². The highest BCUT2D eigenvalue weighted by molar-refractivity contribution is 5.91. The molecule has 0 aliphatic carbocycles. The van der Waals surface area contributed by atoms with Gasteiger partial charge in [0.05, 0.1) is 16.6 Å². The summed E-state index contributed by atoms with van der Waals surface area (Å²) in [6.07, 6.45) is 1.93. The van der Waals surface area contributed by atoms with Crippen LogP contribution in [0.2, 0.25) is 0 Å². The van der Waals surface area contributed by atoms with Crippen LogP contribution in [0.4, 0.5) is 0 Å². The normalized spacial score (nSPS) is 12.4. The van der Waals surface area contributed by atoms with Crippen LogP contribution in [0.1, 0.15) is 60.2 Å². The summed E-state index contributed by atoms with van der Waals surface area (Å²) >= 11 is 0. The van der Waals surface area contributed by atoms with Crippen molar-refractivity contribution in [1.82, 2.24) is 14.5 Å². The first-order chi connectivity index (χ1) is 15.1. The van der Waals surface area contributed by atoms with Gasteiger partial charge in [-0.2, -0.15) is 5.26 Å². The number of rotatable bonds is 3. The third-order valence-electron chi connectivity index (χ3n) is 6.23. The van der Waals surface area contributed by atoms with Crippen molar-refractivity contribution in [2.24, 2.45) is 0 Å². The van der Waals surface area contributed by atoms with Gasteiger partial charge < -0.3 is 9.55 Å². The number of nitriles is 1. The van der Waals surface area contributed by atoms with Crippen LogP contribution in [-0.2, 0) is 5.41 Å². The largest absolute Gasteiger partial charge is 0.337 e. The molecule has 0 saturated carbocycles. The second kappa shape index (κ2) is 7.84. The lowest BCUT2D eigenvalue weighted by molar-refractivity contribution is 0.590. The van der Waals surface area contributed by atoms with E-state index in [1.165, 1.54) is 16.7 Å². The van der Waals surface area contributed by atoms with Crippen molar-refractivity contribution in [2.45, 2.75) is 53.9 Å². The lowest BCUT2D eigenvalue weighted by atomic mass is 9.87. The molecule has 2 aromatic heterocycles. The van der Waals surface area contributed by atoms with E-state index in [1.807, 2.05) is 6.08 Å². The third-order valence-corrected chi connectivity index (χ3v) is 6.23. The fourth-order valence-corrected chi connectivity index (χ4v) is 4.15. The Morgan fingerprint density at radius 1 is 1.00 bits per heavy atom. The van der Waals surface area contributed by atoms with Crippen molar-refractivity contribution in [1.29, 1.82) is 5.26 Å². The quantitative estimate of drug-likeness (QED) is 0.363. The Balaban J connectivity index is 1.75. The average molecular weight is 423 g/mol. The summed E-state index contributed by atoms with van der Waals surface area (Å²) in [5.41, 5.74) is 10.6. The van der Waals surface area contributed by atoms with Crippen LogP contribution >= 0.6 is 0 Å². The van der Waals surface area contributed by atoms with Crippen LogP contribution in [0.3, 0.4) is 0 Å². The van der Waals surface area contributed by atoms with Crippen molar-refractivity contribution >= 4 is 22.7 Å². The molecule has 2 aromatic carbocycles. The van der Waals surface area contributed by atoms with E-state index in [0.29, 0.717) is 11.4 Å². The SMILES string of the molecule is Cc1cc2nc(/C(C#N)=C\c3cc(C)n(-c4ccc(C(C)(C)C)cc4)c3C)[nH]c2cc1C. The minimum Gasteiger partial charge on any atom is -0.337 e. The summed E-state index contributed by atoms with van der Waals surface area (Å²) in [4.78, 5) is 8.00. The zero-order valence-corrected chi connectivity index (χ0v) is 20.0. The molecule has 0 radical (unpaired) electrons. The number of H-pyrrole nitrogens is 1. The molecule has 4 rings (SSSR count). The van der Waals surface area contributed by atoms with Crippen molar-refractivity contribution in [3.63, 3.8) is 0 Å². The van der Waals surface area contributed by atoms with Gasteiger partial charge in [-0.25, -0.2) is 4.98 Å². The number of hydrogen-bond acceptors (Lipinski definition) is 2. The van der Waals surface area contributed by atoms with Gasteiger partial charge in [0.25, 0.3) is 0 Å². The molecule has 0 bridgehead atoms. The summed E-state index contributed by atoms with van der Waals surface area (Å²) in [5, 5.41) is 9.88. The van der Waals surface area contributed by atoms with E-state index >= 15 is 0 Å². The van der Waals surface area contributed by atoms with E-state index in [-0.39, 0.29) is 5.41 Å². The maximum absolute atomic E-state index is 9.88. The van der Waals surface area contributed by atoms with Crippen molar-refractivity contribution in [3.8, 4) is 11.8 Å². The van der Waals surface area contributed by atoms with Crippen LogP contribution in [0.5, 0.6) is 0 Å². The standard InChI is InChI=1S/C28H30N4/c1-17-12-25-26(13-18(17)2)31-27(30-25)22(16-29)15-21-14-19(3)32(20(21)4)24-10-8-23(9-11-24)28(5,6)7/h8-15H,1-7H3,(H,30,31)/b22-15-. The number of nitrogens with one attached hydrogen (secondary N) is 1. The molecule has 4 heteroatoms. The molecule has 2 heterocycles. The predicted octanol–water partition coefficient (Wildman–Crippen LogP) is 6.95. The molecule has 0 saturated heterocycles. The molecule has 0 fully saturated rings. The first-order valence-electron chi connectivity index (χ1n) is 11.0. The van der Waals surface area contributed by atoms with Crippen molar-refractivity contribution in [2.75, 3.05) is 0 Å². The number of aryl methyl sites for hydroxylation is 3. The van der Waals surface area contributed by atoms with E-state index in [1.54, 1.807) is 0 Å². The number of aromatic amines is 1.